The number of hydrogen-bond donors (Lipinski definition) is 1. The van der Waals surface area contributed by atoms with Gasteiger partial charge in [-0.15, -0.1) is 10.2 Å². The van der Waals surface area contributed by atoms with Crippen molar-refractivity contribution in [1.29, 1.82) is 0 Å². The third kappa shape index (κ3) is 1.89. The van der Waals surface area contributed by atoms with Crippen molar-refractivity contribution in [1.82, 2.24) is 14.8 Å². The number of fused-ring (bicyclic) bond motifs is 1. The highest BCUT2D eigenvalue weighted by molar-refractivity contribution is 9.10. The molecule has 0 radical (unpaired) electrons. The molecule has 1 atom stereocenters. The summed E-state index contributed by atoms with van der Waals surface area (Å²) in [6.07, 6.45) is 1.91. The Morgan fingerprint density at radius 3 is 2.94 bits per heavy atom. The van der Waals surface area contributed by atoms with Crippen molar-refractivity contribution in [2.45, 2.75) is 25.4 Å². The molecule has 1 aromatic carbocycles. The average Bonchev–Trinajstić information content (AvgIpc) is 2.72. The van der Waals surface area contributed by atoms with E-state index in [2.05, 4.69) is 30.7 Å². The van der Waals surface area contributed by atoms with E-state index in [1.54, 1.807) is 0 Å². The first-order chi connectivity index (χ1) is 8.25. The van der Waals surface area contributed by atoms with E-state index < -0.39 is 0 Å². The van der Waals surface area contributed by atoms with Gasteiger partial charge in [-0.2, -0.15) is 0 Å². The van der Waals surface area contributed by atoms with Crippen LogP contribution in [0.2, 0.25) is 0 Å². The minimum Gasteiger partial charge on any atom is -0.326 e. The topological polar surface area (TPSA) is 56.7 Å². The van der Waals surface area contributed by atoms with E-state index >= 15 is 0 Å². The van der Waals surface area contributed by atoms with E-state index in [-0.39, 0.29) is 6.04 Å². The fourth-order valence-electron chi connectivity index (χ4n) is 2.19. The van der Waals surface area contributed by atoms with Crippen LogP contribution >= 0.6 is 15.9 Å². The van der Waals surface area contributed by atoms with Gasteiger partial charge in [0, 0.05) is 29.0 Å². The zero-order valence-corrected chi connectivity index (χ0v) is 10.9. The highest BCUT2D eigenvalue weighted by Crippen LogP contribution is 2.28. The molecule has 0 bridgehead atoms. The van der Waals surface area contributed by atoms with E-state index in [0.717, 1.165) is 41.1 Å². The fraction of sp³-hybridized carbons (Fsp3) is 0.333. The summed E-state index contributed by atoms with van der Waals surface area (Å²) in [6, 6.07) is 8.26. The molecular formula is C12H13BrN4. The molecule has 3 rings (SSSR count). The number of nitrogens with zero attached hydrogens (tertiary/aromatic N) is 3. The van der Waals surface area contributed by atoms with Crippen LogP contribution in [0.25, 0.3) is 11.4 Å². The quantitative estimate of drug-likeness (QED) is 0.874. The molecule has 1 aliphatic rings. The number of benzene rings is 1. The Morgan fingerprint density at radius 1 is 1.29 bits per heavy atom. The van der Waals surface area contributed by atoms with Crippen molar-refractivity contribution < 1.29 is 0 Å². The minimum atomic E-state index is 0.208. The summed E-state index contributed by atoms with van der Waals surface area (Å²) in [4.78, 5) is 0. The van der Waals surface area contributed by atoms with Crippen LogP contribution in [0.15, 0.2) is 28.7 Å². The first-order valence-electron chi connectivity index (χ1n) is 5.68. The number of nitrogens with two attached hydrogens (primary N) is 1. The third-order valence-electron chi connectivity index (χ3n) is 3.10. The molecule has 4 nitrogen and oxygen atoms in total. The van der Waals surface area contributed by atoms with E-state index in [0.29, 0.717) is 0 Å². The van der Waals surface area contributed by atoms with Gasteiger partial charge in [-0.05, 0) is 12.5 Å². The average molecular weight is 293 g/mol. The van der Waals surface area contributed by atoms with Gasteiger partial charge >= 0.3 is 0 Å². The van der Waals surface area contributed by atoms with Gasteiger partial charge in [-0.1, -0.05) is 34.1 Å². The predicted molar refractivity (Wildman–Crippen MR) is 69.5 cm³/mol. The van der Waals surface area contributed by atoms with Crippen LogP contribution in [-0.4, -0.2) is 20.8 Å². The molecule has 1 aromatic heterocycles. The Hall–Kier alpha value is -1.20. The molecule has 2 N–H and O–H groups in total. The van der Waals surface area contributed by atoms with Crippen LogP contribution < -0.4 is 5.73 Å². The lowest BCUT2D eigenvalue weighted by molar-refractivity contribution is 0.456. The summed E-state index contributed by atoms with van der Waals surface area (Å²) in [7, 11) is 0. The highest BCUT2D eigenvalue weighted by atomic mass is 79.9. The number of aromatic nitrogens is 3. The Balaban J connectivity index is 2.11. The molecule has 1 unspecified atom stereocenters. The van der Waals surface area contributed by atoms with E-state index in [1.807, 2.05) is 24.3 Å². The van der Waals surface area contributed by atoms with Crippen LogP contribution in [-0.2, 0) is 13.0 Å². The Labute approximate surface area is 108 Å². The largest absolute Gasteiger partial charge is 0.326 e. The summed E-state index contributed by atoms with van der Waals surface area (Å²) < 4.78 is 3.17. The summed E-state index contributed by atoms with van der Waals surface area (Å²) >= 11 is 3.55. The van der Waals surface area contributed by atoms with Crippen molar-refractivity contribution in [2.24, 2.45) is 5.73 Å². The number of halogens is 1. The van der Waals surface area contributed by atoms with Crippen molar-refractivity contribution >= 4 is 15.9 Å². The van der Waals surface area contributed by atoms with Crippen LogP contribution in [0.5, 0.6) is 0 Å². The molecule has 0 fully saturated rings. The molecule has 2 heterocycles. The zero-order chi connectivity index (χ0) is 11.8. The molecule has 2 aromatic rings. The summed E-state index contributed by atoms with van der Waals surface area (Å²) in [6.45, 7) is 0.805. The molecule has 1 aliphatic heterocycles. The maximum absolute atomic E-state index is 6.01. The molecular weight excluding hydrogens is 280 g/mol. The standard InChI is InChI=1S/C12H13BrN4/c13-10-4-2-1-3-9(10)12-16-15-11-6-5-8(14)7-17(11)12/h1-4,8H,5-7,14H2. The number of rotatable bonds is 1. The number of aryl methyl sites for hydroxylation is 1. The lowest BCUT2D eigenvalue weighted by Gasteiger charge is -2.21. The Kier molecular flexibility index (Phi) is 2.72. The second-order valence-corrected chi connectivity index (χ2v) is 5.18. The second-order valence-electron chi connectivity index (χ2n) is 4.33. The predicted octanol–water partition coefficient (Wildman–Crippen LogP) is 1.98. The van der Waals surface area contributed by atoms with Crippen LogP contribution in [0.3, 0.4) is 0 Å². The van der Waals surface area contributed by atoms with Gasteiger partial charge < -0.3 is 10.3 Å². The lowest BCUT2D eigenvalue weighted by Crippen LogP contribution is -2.32. The van der Waals surface area contributed by atoms with Gasteiger partial charge in [-0.25, -0.2) is 0 Å². The third-order valence-corrected chi connectivity index (χ3v) is 3.79. The normalized spacial score (nSPS) is 19.1. The van der Waals surface area contributed by atoms with E-state index in [1.165, 1.54) is 0 Å². The van der Waals surface area contributed by atoms with E-state index in [4.69, 9.17) is 5.73 Å². The van der Waals surface area contributed by atoms with Crippen molar-refractivity contribution in [3.8, 4) is 11.4 Å². The summed E-state index contributed by atoms with van der Waals surface area (Å²) in [5.74, 6) is 1.94. The van der Waals surface area contributed by atoms with Gasteiger partial charge in [0.05, 0.1) is 0 Å². The minimum absolute atomic E-state index is 0.208. The van der Waals surface area contributed by atoms with Gasteiger partial charge in [0.15, 0.2) is 5.82 Å². The van der Waals surface area contributed by atoms with Gasteiger partial charge in [0.25, 0.3) is 0 Å². The van der Waals surface area contributed by atoms with E-state index in [9.17, 15) is 0 Å². The van der Waals surface area contributed by atoms with Crippen LogP contribution in [0, 0.1) is 0 Å². The summed E-state index contributed by atoms with van der Waals surface area (Å²) in [5, 5.41) is 8.54. The molecule has 17 heavy (non-hydrogen) atoms. The maximum Gasteiger partial charge on any atom is 0.165 e. The fourth-order valence-corrected chi connectivity index (χ4v) is 2.66. The van der Waals surface area contributed by atoms with Gasteiger partial charge in [0.1, 0.15) is 5.82 Å². The van der Waals surface area contributed by atoms with Crippen molar-refractivity contribution in [3.05, 3.63) is 34.6 Å². The monoisotopic (exact) mass is 292 g/mol. The lowest BCUT2D eigenvalue weighted by atomic mass is 10.1. The molecule has 0 amide bonds. The second kappa shape index (κ2) is 4.23. The molecule has 0 aliphatic carbocycles. The van der Waals surface area contributed by atoms with Crippen molar-refractivity contribution in [2.75, 3.05) is 0 Å². The maximum atomic E-state index is 6.01. The molecule has 88 valence electrons. The van der Waals surface area contributed by atoms with Crippen LogP contribution in [0.1, 0.15) is 12.2 Å². The first-order valence-corrected chi connectivity index (χ1v) is 6.47. The Morgan fingerprint density at radius 2 is 2.12 bits per heavy atom. The van der Waals surface area contributed by atoms with Crippen LogP contribution in [0.4, 0.5) is 0 Å². The van der Waals surface area contributed by atoms with Gasteiger partial charge in [0.2, 0.25) is 0 Å². The van der Waals surface area contributed by atoms with Crippen molar-refractivity contribution in [3.63, 3.8) is 0 Å². The van der Waals surface area contributed by atoms with Gasteiger partial charge in [-0.3, -0.25) is 0 Å². The zero-order valence-electron chi connectivity index (χ0n) is 9.31. The SMILES string of the molecule is NC1CCc2nnc(-c3ccccc3Br)n2C1. The summed E-state index contributed by atoms with van der Waals surface area (Å²) in [5.41, 5.74) is 7.08. The highest BCUT2D eigenvalue weighted by Gasteiger charge is 2.21. The Bertz CT molecular complexity index is 549. The smallest absolute Gasteiger partial charge is 0.165 e. The molecule has 0 saturated heterocycles. The molecule has 0 spiro atoms. The number of hydrogen-bond acceptors (Lipinski definition) is 3. The first kappa shape index (κ1) is 10.9. The molecule has 0 saturated carbocycles. The molecule has 5 heteroatoms.